The molecule has 0 unspecified atom stereocenters. The van der Waals surface area contributed by atoms with Gasteiger partial charge < -0.3 is 14.6 Å². The zero-order valence-electron chi connectivity index (χ0n) is 18.0. The van der Waals surface area contributed by atoms with E-state index in [2.05, 4.69) is 10.5 Å². The zero-order chi connectivity index (χ0) is 23.4. The van der Waals surface area contributed by atoms with Crippen LogP contribution in [-0.4, -0.2) is 47.3 Å². The summed E-state index contributed by atoms with van der Waals surface area (Å²) in [6.07, 6.45) is 1.66. The Balaban J connectivity index is 1.39. The summed E-state index contributed by atoms with van der Waals surface area (Å²) in [6, 6.07) is 16.4. The minimum Gasteiger partial charge on any atom is -0.497 e. The summed E-state index contributed by atoms with van der Waals surface area (Å²) in [5.41, 5.74) is 2.31. The van der Waals surface area contributed by atoms with Crippen LogP contribution in [0.3, 0.4) is 0 Å². The SMILES string of the molecule is COc1ccc(C=C2SC(=O)N(CCNC(=O)c3c(-c4ccccc4)noc3C)C2=O)cc1. The lowest BCUT2D eigenvalue weighted by molar-refractivity contribution is -0.122. The van der Waals surface area contributed by atoms with Gasteiger partial charge in [-0.1, -0.05) is 47.6 Å². The van der Waals surface area contributed by atoms with Gasteiger partial charge in [0.15, 0.2) is 0 Å². The topological polar surface area (TPSA) is 102 Å². The van der Waals surface area contributed by atoms with E-state index in [1.165, 1.54) is 0 Å². The quantitative estimate of drug-likeness (QED) is 0.526. The molecule has 33 heavy (non-hydrogen) atoms. The van der Waals surface area contributed by atoms with Crippen LogP contribution in [0, 0.1) is 6.92 Å². The largest absolute Gasteiger partial charge is 0.497 e. The first-order chi connectivity index (χ1) is 16.0. The monoisotopic (exact) mass is 463 g/mol. The van der Waals surface area contributed by atoms with Crippen LogP contribution in [0.5, 0.6) is 5.75 Å². The summed E-state index contributed by atoms with van der Waals surface area (Å²) in [4.78, 5) is 39.3. The maximum Gasteiger partial charge on any atom is 0.293 e. The summed E-state index contributed by atoms with van der Waals surface area (Å²) in [5, 5.41) is 6.38. The standard InChI is InChI=1S/C24H21N3O5S/c1-15-20(21(26-32-15)17-6-4-3-5-7-17)22(28)25-12-13-27-23(29)19(33-24(27)30)14-16-8-10-18(31-2)11-9-16/h3-11,14H,12-13H2,1-2H3,(H,25,28). The Bertz CT molecular complexity index is 1220. The van der Waals surface area contributed by atoms with Crippen molar-refractivity contribution < 1.29 is 23.6 Å². The number of imide groups is 1. The van der Waals surface area contributed by atoms with Crippen molar-refractivity contribution in [3.05, 3.63) is 76.4 Å². The van der Waals surface area contributed by atoms with Gasteiger partial charge in [-0.3, -0.25) is 19.3 Å². The molecule has 4 rings (SSSR count). The molecule has 9 heteroatoms. The van der Waals surface area contributed by atoms with Gasteiger partial charge in [0.25, 0.3) is 17.1 Å². The second kappa shape index (κ2) is 9.74. The number of hydrogen-bond acceptors (Lipinski definition) is 7. The first-order valence-corrected chi connectivity index (χ1v) is 11.0. The van der Waals surface area contributed by atoms with Gasteiger partial charge in [-0.15, -0.1) is 0 Å². The van der Waals surface area contributed by atoms with Crippen LogP contribution in [0.4, 0.5) is 4.79 Å². The van der Waals surface area contributed by atoms with E-state index in [9.17, 15) is 14.4 Å². The first-order valence-electron chi connectivity index (χ1n) is 10.2. The molecule has 3 aromatic rings. The van der Waals surface area contributed by atoms with Crippen molar-refractivity contribution in [3.8, 4) is 17.0 Å². The van der Waals surface area contributed by atoms with E-state index in [1.807, 2.05) is 30.3 Å². The number of methoxy groups -OCH3 is 1. The molecule has 0 radical (unpaired) electrons. The molecule has 1 saturated heterocycles. The van der Waals surface area contributed by atoms with Crippen molar-refractivity contribution in [3.63, 3.8) is 0 Å². The fraction of sp³-hybridized carbons (Fsp3) is 0.167. The molecule has 2 heterocycles. The second-order valence-corrected chi connectivity index (χ2v) is 8.18. The van der Waals surface area contributed by atoms with E-state index in [4.69, 9.17) is 9.26 Å². The Morgan fingerprint density at radius 3 is 2.58 bits per heavy atom. The molecule has 0 aliphatic carbocycles. The van der Waals surface area contributed by atoms with Gasteiger partial charge in [0, 0.05) is 18.7 Å². The molecule has 168 valence electrons. The molecular formula is C24H21N3O5S. The van der Waals surface area contributed by atoms with E-state index >= 15 is 0 Å². The maximum atomic E-state index is 12.8. The van der Waals surface area contributed by atoms with Crippen LogP contribution in [0.25, 0.3) is 17.3 Å². The number of carbonyl (C=O) groups is 3. The lowest BCUT2D eigenvalue weighted by atomic mass is 10.1. The number of rotatable bonds is 7. The number of nitrogens with one attached hydrogen (secondary N) is 1. The molecule has 1 aliphatic heterocycles. The molecule has 0 saturated carbocycles. The van der Waals surface area contributed by atoms with Crippen LogP contribution in [-0.2, 0) is 4.79 Å². The van der Waals surface area contributed by atoms with Gasteiger partial charge in [-0.2, -0.15) is 0 Å². The zero-order valence-corrected chi connectivity index (χ0v) is 18.8. The molecule has 1 aromatic heterocycles. The third-order valence-corrected chi connectivity index (χ3v) is 5.95. The number of aromatic nitrogens is 1. The summed E-state index contributed by atoms with van der Waals surface area (Å²) in [6.45, 7) is 1.82. The van der Waals surface area contributed by atoms with Crippen LogP contribution < -0.4 is 10.1 Å². The Morgan fingerprint density at radius 2 is 1.88 bits per heavy atom. The smallest absolute Gasteiger partial charge is 0.293 e. The molecule has 0 spiro atoms. The minimum atomic E-state index is -0.388. The van der Waals surface area contributed by atoms with E-state index in [-0.39, 0.29) is 30.1 Å². The Hall–Kier alpha value is -3.85. The molecule has 1 aliphatic rings. The second-order valence-electron chi connectivity index (χ2n) is 7.19. The van der Waals surface area contributed by atoms with Gasteiger partial charge in [-0.05, 0) is 42.5 Å². The van der Waals surface area contributed by atoms with Crippen molar-refractivity contribution >= 4 is 34.9 Å². The summed E-state index contributed by atoms with van der Waals surface area (Å²) < 4.78 is 10.3. The van der Waals surface area contributed by atoms with E-state index in [0.717, 1.165) is 27.8 Å². The van der Waals surface area contributed by atoms with E-state index < -0.39 is 0 Å². The third-order valence-electron chi connectivity index (χ3n) is 5.05. The van der Waals surface area contributed by atoms with Crippen molar-refractivity contribution in [2.24, 2.45) is 0 Å². The van der Waals surface area contributed by atoms with Gasteiger partial charge in [0.1, 0.15) is 22.8 Å². The molecule has 2 aromatic carbocycles. The molecule has 0 atom stereocenters. The number of thioether (sulfide) groups is 1. The number of nitrogens with zero attached hydrogens (tertiary/aromatic N) is 2. The normalized spacial score (nSPS) is 14.7. The first kappa shape index (κ1) is 22.3. The number of amides is 3. The number of aryl methyl sites for hydroxylation is 1. The fourth-order valence-electron chi connectivity index (χ4n) is 3.35. The predicted octanol–water partition coefficient (Wildman–Crippen LogP) is 4.12. The van der Waals surface area contributed by atoms with Crippen molar-refractivity contribution in [1.29, 1.82) is 0 Å². The number of carbonyl (C=O) groups excluding carboxylic acids is 3. The summed E-state index contributed by atoms with van der Waals surface area (Å²) >= 11 is 0.875. The van der Waals surface area contributed by atoms with Crippen LogP contribution in [0.15, 0.2) is 64.0 Å². The highest BCUT2D eigenvalue weighted by molar-refractivity contribution is 8.18. The third kappa shape index (κ3) is 4.83. The van der Waals surface area contributed by atoms with Crippen molar-refractivity contribution in [2.45, 2.75) is 6.92 Å². The van der Waals surface area contributed by atoms with Gasteiger partial charge >= 0.3 is 0 Å². The number of hydrogen-bond donors (Lipinski definition) is 1. The van der Waals surface area contributed by atoms with Crippen molar-refractivity contribution in [2.75, 3.05) is 20.2 Å². The van der Waals surface area contributed by atoms with Crippen molar-refractivity contribution in [1.82, 2.24) is 15.4 Å². The molecule has 3 amide bonds. The van der Waals surface area contributed by atoms with E-state index in [1.54, 1.807) is 44.4 Å². The Morgan fingerprint density at radius 1 is 1.15 bits per heavy atom. The number of benzene rings is 2. The molecule has 1 N–H and O–H groups in total. The Kier molecular flexibility index (Phi) is 6.60. The molecule has 0 bridgehead atoms. The average Bonchev–Trinajstić information content (AvgIpc) is 3.34. The summed E-state index contributed by atoms with van der Waals surface area (Å²) in [7, 11) is 1.58. The Labute approximate surface area is 194 Å². The molecular weight excluding hydrogens is 442 g/mol. The average molecular weight is 464 g/mol. The van der Waals surface area contributed by atoms with Gasteiger partial charge in [-0.25, -0.2) is 0 Å². The molecule has 1 fully saturated rings. The number of ether oxygens (including phenoxy) is 1. The maximum absolute atomic E-state index is 12.8. The van der Waals surface area contributed by atoms with Gasteiger partial charge in [0.2, 0.25) is 0 Å². The van der Waals surface area contributed by atoms with Crippen LogP contribution in [0.2, 0.25) is 0 Å². The summed E-state index contributed by atoms with van der Waals surface area (Å²) in [5.74, 6) is 0.323. The highest BCUT2D eigenvalue weighted by atomic mass is 32.2. The van der Waals surface area contributed by atoms with E-state index in [0.29, 0.717) is 27.7 Å². The predicted molar refractivity (Wildman–Crippen MR) is 125 cm³/mol. The highest BCUT2D eigenvalue weighted by Gasteiger charge is 2.34. The van der Waals surface area contributed by atoms with Crippen LogP contribution in [0.1, 0.15) is 21.7 Å². The van der Waals surface area contributed by atoms with Gasteiger partial charge in [0.05, 0.1) is 12.0 Å². The minimum absolute atomic E-state index is 0.0569. The lowest BCUT2D eigenvalue weighted by Gasteiger charge is -2.13. The fourth-order valence-corrected chi connectivity index (χ4v) is 4.21. The van der Waals surface area contributed by atoms with Crippen LogP contribution >= 0.6 is 11.8 Å². The molecule has 8 nitrogen and oxygen atoms in total. The highest BCUT2D eigenvalue weighted by Crippen LogP contribution is 2.32. The lowest BCUT2D eigenvalue weighted by Crippen LogP contribution is -2.37.